The van der Waals surface area contributed by atoms with E-state index in [1.807, 2.05) is 0 Å². The third-order valence-electron chi connectivity index (χ3n) is 5.06. The van der Waals surface area contributed by atoms with Crippen molar-refractivity contribution in [3.63, 3.8) is 0 Å². The summed E-state index contributed by atoms with van der Waals surface area (Å²) in [5.41, 5.74) is -2.16. The van der Waals surface area contributed by atoms with Crippen molar-refractivity contribution in [2.24, 2.45) is 10.8 Å². The SMILES string of the molecule is OC[C@]1(CN2CCC3(CC2)CC3(F)F)CC1(F)F. The lowest BCUT2D eigenvalue weighted by Gasteiger charge is -2.34. The van der Waals surface area contributed by atoms with E-state index in [1.165, 1.54) is 0 Å². The molecule has 0 bridgehead atoms. The molecule has 3 aliphatic rings. The molecule has 1 aliphatic heterocycles. The number of hydrogen-bond acceptors (Lipinski definition) is 2. The lowest BCUT2D eigenvalue weighted by molar-refractivity contribution is -0.00294. The molecule has 2 aliphatic carbocycles. The van der Waals surface area contributed by atoms with Gasteiger partial charge in [-0.2, -0.15) is 0 Å². The first kappa shape index (κ1) is 12.7. The molecule has 0 aromatic rings. The summed E-state index contributed by atoms with van der Waals surface area (Å²) in [5, 5.41) is 9.09. The second-order valence-electron chi connectivity index (χ2n) is 6.26. The van der Waals surface area contributed by atoms with E-state index in [9.17, 15) is 17.6 Å². The van der Waals surface area contributed by atoms with Gasteiger partial charge in [0.1, 0.15) is 0 Å². The molecule has 0 unspecified atom stereocenters. The Morgan fingerprint density at radius 1 is 0.944 bits per heavy atom. The fourth-order valence-corrected chi connectivity index (χ4v) is 3.26. The molecule has 1 N–H and O–H groups in total. The van der Waals surface area contributed by atoms with Crippen LogP contribution in [0, 0.1) is 10.8 Å². The minimum atomic E-state index is -2.79. The van der Waals surface area contributed by atoms with Gasteiger partial charge in [0.25, 0.3) is 11.8 Å². The Morgan fingerprint density at radius 3 is 1.78 bits per heavy atom. The number of rotatable bonds is 3. The second kappa shape index (κ2) is 3.39. The molecule has 104 valence electrons. The van der Waals surface area contributed by atoms with E-state index in [4.69, 9.17) is 5.11 Å². The van der Waals surface area contributed by atoms with E-state index < -0.39 is 29.3 Å². The maximum Gasteiger partial charge on any atom is 0.258 e. The molecule has 0 radical (unpaired) electrons. The zero-order valence-electron chi connectivity index (χ0n) is 10.1. The summed E-state index contributed by atoms with van der Waals surface area (Å²) < 4.78 is 52.7. The normalized spacial score (nSPS) is 39.8. The Kier molecular flexibility index (Phi) is 2.39. The summed E-state index contributed by atoms with van der Waals surface area (Å²) in [5.74, 6) is -5.34. The van der Waals surface area contributed by atoms with Gasteiger partial charge in [-0.15, -0.1) is 0 Å². The second-order valence-corrected chi connectivity index (χ2v) is 6.26. The van der Waals surface area contributed by atoms with Crippen molar-refractivity contribution in [1.29, 1.82) is 0 Å². The van der Waals surface area contributed by atoms with Crippen molar-refractivity contribution in [2.45, 2.75) is 37.5 Å². The smallest absolute Gasteiger partial charge is 0.258 e. The maximum atomic E-state index is 13.2. The Morgan fingerprint density at radius 2 is 1.44 bits per heavy atom. The third-order valence-corrected chi connectivity index (χ3v) is 5.06. The summed E-state index contributed by atoms with van der Waals surface area (Å²) in [6.07, 6.45) is 0.434. The van der Waals surface area contributed by atoms with Gasteiger partial charge in [-0.05, 0) is 25.9 Å². The third kappa shape index (κ3) is 1.61. The van der Waals surface area contributed by atoms with Crippen molar-refractivity contribution >= 4 is 0 Å². The first-order valence-corrected chi connectivity index (χ1v) is 6.35. The van der Waals surface area contributed by atoms with Gasteiger partial charge in [0.15, 0.2) is 0 Å². The molecule has 1 atom stereocenters. The van der Waals surface area contributed by atoms with Crippen molar-refractivity contribution in [3.05, 3.63) is 0 Å². The average molecular weight is 267 g/mol. The number of hydrogen-bond donors (Lipinski definition) is 1. The van der Waals surface area contributed by atoms with Gasteiger partial charge < -0.3 is 10.0 Å². The minimum Gasteiger partial charge on any atom is -0.396 e. The topological polar surface area (TPSA) is 23.5 Å². The predicted molar refractivity (Wildman–Crippen MR) is 56.8 cm³/mol. The fraction of sp³-hybridized carbons (Fsp3) is 1.00. The van der Waals surface area contributed by atoms with Crippen LogP contribution in [0.1, 0.15) is 25.7 Å². The number of alkyl halides is 4. The maximum absolute atomic E-state index is 13.2. The molecule has 3 rings (SSSR count). The van der Waals surface area contributed by atoms with E-state index in [-0.39, 0.29) is 19.4 Å². The van der Waals surface area contributed by atoms with Crippen LogP contribution in [-0.2, 0) is 0 Å². The van der Waals surface area contributed by atoms with Crippen LogP contribution in [0.2, 0.25) is 0 Å². The Hall–Kier alpha value is -0.360. The molecule has 6 heteroatoms. The number of piperidine rings is 1. The van der Waals surface area contributed by atoms with Crippen LogP contribution in [0.25, 0.3) is 0 Å². The van der Waals surface area contributed by atoms with E-state index in [0.717, 1.165) is 0 Å². The molecule has 1 heterocycles. The molecule has 18 heavy (non-hydrogen) atoms. The number of halogens is 4. The standard InChI is InChI=1S/C12H17F4NO/c13-11(14)5-9(11)1-3-17(4-2-9)7-10(8-18)6-12(10,15)16/h18H,1-8H2/t10-/m1/s1. The van der Waals surface area contributed by atoms with Crippen LogP contribution in [0.3, 0.4) is 0 Å². The Bertz CT molecular complexity index is 365. The van der Waals surface area contributed by atoms with Gasteiger partial charge in [0.2, 0.25) is 0 Å². The van der Waals surface area contributed by atoms with Crippen LogP contribution >= 0.6 is 0 Å². The molecule has 3 fully saturated rings. The lowest BCUT2D eigenvalue weighted by Crippen LogP contribution is -2.42. The van der Waals surface area contributed by atoms with Crippen molar-refractivity contribution in [2.75, 3.05) is 26.2 Å². The van der Waals surface area contributed by atoms with Crippen LogP contribution in [0.15, 0.2) is 0 Å². The van der Waals surface area contributed by atoms with Gasteiger partial charge in [-0.1, -0.05) is 0 Å². The average Bonchev–Trinajstić information content (AvgIpc) is 3.03. The zero-order chi connectivity index (χ0) is 13.2. The number of likely N-dealkylation sites (tertiary alicyclic amines) is 1. The highest BCUT2D eigenvalue weighted by molar-refractivity contribution is 5.14. The molecular formula is C12H17F4NO. The van der Waals surface area contributed by atoms with Crippen LogP contribution in [0.4, 0.5) is 17.6 Å². The van der Waals surface area contributed by atoms with Crippen LogP contribution in [-0.4, -0.2) is 48.1 Å². The fourth-order valence-electron chi connectivity index (χ4n) is 3.26. The number of aliphatic hydroxyl groups excluding tert-OH is 1. The summed E-state index contributed by atoms with van der Waals surface area (Å²) in [4.78, 5) is 1.80. The first-order chi connectivity index (χ1) is 8.26. The van der Waals surface area contributed by atoms with E-state index in [2.05, 4.69) is 0 Å². The molecule has 0 amide bonds. The molecule has 2 nitrogen and oxygen atoms in total. The largest absolute Gasteiger partial charge is 0.396 e. The van der Waals surface area contributed by atoms with E-state index >= 15 is 0 Å². The summed E-state index contributed by atoms with van der Waals surface area (Å²) >= 11 is 0. The number of aliphatic hydroxyl groups is 1. The van der Waals surface area contributed by atoms with Gasteiger partial charge in [0, 0.05) is 24.8 Å². The molecular weight excluding hydrogens is 250 g/mol. The van der Waals surface area contributed by atoms with Crippen molar-refractivity contribution in [3.8, 4) is 0 Å². The lowest BCUT2D eigenvalue weighted by atomic mass is 9.92. The van der Waals surface area contributed by atoms with Gasteiger partial charge in [0.05, 0.1) is 12.0 Å². The van der Waals surface area contributed by atoms with Crippen molar-refractivity contribution in [1.82, 2.24) is 4.90 Å². The molecule has 0 aromatic carbocycles. The molecule has 2 saturated carbocycles. The zero-order valence-corrected chi connectivity index (χ0v) is 10.1. The summed E-state index contributed by atoms with van der Waals surface area (Å²) in [7, 11) is 0. The Labute approximate surface area is 103 Å². The number of nitrogens with zero attached hydrogens (tertiary/aromatic N) is 1. The quantitative estimate of drug-likeness (QED) is 0.792. The molecule has 1 saturated heterocycles. The van der Waals surface area contributed by atoms with E-state index in [0.29, 0.717) is 25.9 Å². The van der Waals surface area contributed by atoms with Gasteiger partial charge in [-0.3, -0.25) is 0 Å². The van der Waals surface area contributed by atoms with Crippen LogP contribution < -0.4 is 0 Å². The van der Waals surface area contributed by atoms with Crippen molar-refractivity contribution < 1.29 is 22.7 Å². The predicted octanol–water partition coefficient (Wildman–Crippen LogP) is 2.13. The highest BCUT2D eigenvalue weighted by Crippen LogP contribution is 2.66. The van der Waals surface area contributed by atoms with Crippen LogP contribution in [0.5, 0.6) is 0 Å². The molecule has 0 aromatic heterocycles. The minimum absolute atomic E-state index is 0.0465. The molecule has 1 spiro atoms. The van der Waals surface area contributed by atoms with Gasteiger partial charge in [-0.25, -0.2) is 17.6 Å². The Balaban J connectivity index is 1.56. The summed E-state index contributed by atoms with van der Waals surface area (Å²) in [6, 6.07) is 0. The van der Waals surface area contributed by atoms with E-state index in [1.54, 1.807) is 4.90 Å². The highest BCUT2D eigenvalue weighted by atomic mass is 19.3. The first-order valence-electron chi connectivity index (χ1n) is 6.35. The highest BCUT2D eigenvalue weighted by Gasteiger charge is 2.73. The monoisotopic (exact) mass is 267 g/mol. The van der Waals surface area contributed by atoms with Gasteiger partial charge >= 0.3 is 0 Å². The summed E-state index contributed by atoms with van der Waals surface area (Å²) in [6.45, 7) is 0.469.